The number of hydrogen-bond acceptors (Lipinski definition) is 3. The third-order valence-corrected chi connectivity index (χ3v) is 3.49. The Morgan fingerprint density at radius 2 is 2.12 bits per heavy atom. The van der Waals surface area contributed by atoms with Gasteiger partial charge in [-0.3, -0.25) is 0 Å². The molecule has 0 fully saturated rings. The Morgan fingerprint density at radius 3 is 2.59 bits per heavy atom. The fourth-order valence-corrected chi connectivity index (χ4v) is 2.26. The summed E-state index contributed by atoms with van der Waals surface area (Å²) in [7, 11) is -3.67. The number of rotatable bonds is 4. The molecule has 1 aromatic rings. The summed E-state index contributed by atoms with van der Waals surface area (Å²) in [6.07, 6.45) is 1.93. The van der Waals surface area contributed by atoms with Crippen LogP contribution in [0.15, 0.2) is 39.2 Å². The number of ether oxygens (including phenoxy) is 1. The second kappa shape index (κ2) is 5.66. The van der Waals surface area contributed by atoms with Crippen molar-refractivity contribution in [3.05, 3.63) is 34.3 Å². The summed E-state index contributed by atoms with van der Waals surface area (Å²) in [6.45, 7) is 4.39. The fourth-order valence-electron chi connectivity index (χ4n) is 1.07. The van der Waals surface area contributed by atoms with Crippen LogP contribution in [0.5, 0.6) is 5.75 Å². The van der Waals surface area contributed by atoms with Gasteiger partial charge in [-0.25, -0.2) is 13.6 Å². The van der Waals surface area contributed by atoms with Crippen LogP contribution < -0.4 is 9.88 Å². The third kappa shape index (κ3) is 4.49. The summed E-state index contributed by atoms with van der Waals surface area (Å²) in [4.78, 5) is 0.0546. The van der Waals surface area contributed by atoms with Gasteiger partial charge in [0.1, 0.15) is 12.4 Å². The molecule has 0 aromatic heterocycles. The fraction of sp³-hybridized carbons (Fsp3) is 0.273. The average molecular weight is 320 g/mol. The first-order chi connectivity index (χ1) is 7.80. The SMILES string of the molecule is CC(C)=CCOc1ccc(S(N)(=O)=O)cc1Br. The van der Waals surface area contributed by atoms with E-state index in [1.165, 1.54) is 12.1 Å². The zero-order valence-corrected chi connectivity index (χ0v) is 12.0. The number of nitrogens with two attached hydrogens (primary N) is 1. The van der Waals surface area contributed by atoms with Crippen molar-refractivity contribution in [2.24, 2.45) is 5.14 Å². The number of hydrogen-bond donors (Lipinski definition) is 1. The molecule has 0 aliphatic heterocycles. The van der Waals surface area contributed by atoms with Crippen molar-refractivity contribution in [2.45, 2.75) is 18.7 Å². The lowest BCUT2D eigenvalue weighted by Crippen LogP contribution is -2.12. The van der Waals surface area contributed by atoms with E-state index in [0.717, 1.165) is 5.57 Å². The van der Waals surface area contributed by atoms with E-state index >= 15 is 0 Å². The molecule has 0 saturated heterocycles. The normalized spacial score (nSPS) is 11.1. The van der Waals surface area contributed by atoms with Gasteiger partial charge in [-0.05, 0) is 54.1 Å². The molecule has 0 radical (unpaired) electrons. The zero-order chi connectivity index (χ0) is 13.1. The molecule has 0 aliphatic carbocycles. The van der Waals surface area contributed by atoms with E-state index in [4.69, 9.17) is 9.88 Å². The molecule has 0 saturated carbocycles. The topological polar surface area (TPSA) is 69.4 Å². The molecule has 6 heteroatoms. The van der Waals surface area contributed by atoms with Crippen LogP contribution in [0.25, 0.3) is 0 Å². The Morgan fingerprint density at radius 1 is 1.47 bits per heavy atom. The van der Waals surface area contributed by atoms with Gasteiger partial charge in [0.05, 0.1) is 9.37 Å². The van der Waals surface area contributed by atoms with E-state index in [1.807, 2.05) is 19.9 Å². The molecular formula is C11H14BrNO3S. The minimum Gasteiger partial charge on any atom is -0.488 e. The molecule has 0 unspecified atom stereocenters. The first-order valence-electron chi connectivity index (χ1n) is 4.89. The van der Waals surface area contributed by atoms with Crippen LogP contribution in [-0.2, 0) is 10.0 Å². The van der Waals surface area contributed by atoms with E-state index in [1.54, 1.807) is 6.07 Å². The summed E-state index contributed by atoms with van der Waals surface area (Å²) in [5, 5.41) is 5.02. The molecule has 1 aromatic carbocycles. The Balaban J connectivity index is 2.88. The van der Waals surface area contributed by atoms with Gasteiger partial charge in [0.2, 0.25) is 10.0 Å². The van der Waals surface area contributed by atoms with Gasteiger partial charge >= 0.3 is 0 Å². The maximum Gasteiger partial charge on any atom is 0.238 e. The molecule has 0 heterocycles. The molecule has 0 atom stereocenters. The van der Waals surface area contributed by atoms with Crippen LogP contribution in [0, 0.1) is 0 Å². The second-order valence-corrected chi connectivity index (χ2v) is 6.15. The van der Waals surface area contributed by atoms with E-state index in [-0.39, 0.29) is 4.90 Å². The van der Waals surface area contributed by atoms with Crippen molar-refractivity contribution in [3.63, 3.8) is 0 Å². The van der Waals surface area contributed by atoms with Crippen molar-refractivity contribution in [3.8, 4) is 5.75 Å². The third-order valence-electron chi connectivity index (χ3n) is 1.96. The maximum absolute atomic E-state index is 11.1. The molecule has 1 rings (SSSR count). The van der Waals surface area contributed by atoms with E-state index in [2.05, 4.69) is 15.9 Å². The summed E-state index contributed by atoms with van der Waals surface area (Å²) < 4.78 is 28.2. The van der Waals surface area contributed by atoms with Crippen LogP contribution in [-0.4, -0.2) is 15.0 Å². The Labute approximate surface area is 110 Å². The minimum atomic E-state index is -3.67. The zero-order valence-electron chi connectivity index (χ0n) is 9.60. The number of primary sulfonamides is 1. The first kappa shape index (κ1) is 14.2. The standard InChI is InChI=1S/C11H14BrNO3S/c1-8(2)5-6-16-11-4-3-9(7-10(11)12)17(13,14)15/h3-5,7H,6H2,1-2H3,(H2,13,14,15). The van der Waals surface area contributed by atoms with Crippen LogP contribution in [0.1, 0.15) is 13.8 Å². The summed E-state index contributed by atoms with van der Waals surface area (Å²) in [6, 6.07) is 4.41. The maximum atomic E-state index is 11.1. The molecule has 0 spiro atoms. The number of allylic oxidation sites excluding steroid dienone is 1. The van der Waals surface area contributed by atoms with Crippen molar-refractivity contribution >= 4 is 26.0 Å². The Bertz CT molecular complexity index is 534. The van der Waals surface area contributed by atoms with Crippen LogP contribution in [0.3, 0.4) is 0 Å². The van der Waals surface area contributed by atoms with Gasteiger partial charge in [-0.2, -0.15) is 0 Å². The minimum absolute atomic E-state index is 0.0546. The molecule has 0 bridgehead atoms. The highest BCUT2D eigenvalue weighted by Crippen LogP contribution is 2.27. The van der Waals surface area contributed by atoms with Gasteiger partial charge in [0.25, 0.3) is 0 Å². The van der Waals surface area contributed by atoms with E-state index < -0.39 is 10.0 Å². The predicted octanol–water partition coefficient (Wildman–Crippen LogP) is 2.44. The van der Waals surface area contributed by atoms with Crippen molar-refractivity contribution < 1.29 is 13.2 Å². The molecule has 4 nitrogen and oxygen atoms in total. The monoisotopic (exact) mass is 319 g/mol. The van der Waals surface area contributed by atoms with Gasteiger partial charge in [0, 0.05) is 0 Å². The smallest absolute Gasteiger partial charge is 0.238 e. The Kier molecular flexibility index (Phi) is 4.73. The quantitative estimate of drug-likeness (QED) is 0.866. The predicted molar refractivity (Wildman–Crippen MR) is 70.4 cm³/mol. The molecule has 0 aliphatic rings. The van der Waals surface area contributed by atoms with Crippen molar-refractivity contribution in [1.29, 1.82) is 0 Å². The van der Waals surface area contributed by atoms with Crippen LogP contribution in [0.2, 0.25) is 0 Å². The van der Waals surface area contributed by atoms with Crippen LogP contribution >= 0.6 is 15.9 Å². The number of benzene rings is 1. The lowest BCUT2D eigenvalue weighted by atomic mass is 10.3. The summed E-state index contributed by atoms with van der Waals surface area (Å²) in [5.74, 6) is 0.579. The molecule has 17 heavy (non-hydrogen) atoms. The van der Waals surface area contributed by atoms with Crippen molar-refractivity contribution in [2.75, 3.05) is 6.61 Å². The molecule has 2 N–H and O–H groups in total. The van der Waals surface area contributed by atoms with Crippen molar-refractivity contribution in [1.82, 2.24) is 0 Å². The van der Waals surface area contributed by atoms with Gasteiger partial charge < -0.3 is 4.74 Å². The van der Waals surface area contributed by atoms with Gasteiger partial charge in [-0.1, -0.05) is 5.57 Å². The molecule has 94 valence electrons. The highest BCUT2D eigenvalue weighted by atomic mass is 79.9. The lowest BCUT2D eigenvalue weighted by molar-refractivity contribution is 0.359. The number of sulfonamides is 1. The average Bonchev–Trinajstić information content (AvgIpc) is 2.18. The van der Waals surface area contributed by atoms with Crippen LogP contribution in [0.4, 0.5) is 0 Å². The highest BCUT2D eigenvalue weighted by molar-refractivity contribution is 9.10. The second-order valence-electron chi connectivity index (χ2n) is 3.73. The largest absolute Gasteiger partial charge is 0.488 e. The van der Waals surface area contributed by atoms with Gasteiger partial charge in [0.15, 0.2) is 0 Å². The molecule has 0 amide bonds. The van der Waals surface area contributed by atoms with Gasteiger partial charge in [-0.15, -0.1) is 0 Å². The van der Waals surface area contributed by atoms with E-state index in [0.29, 0.717) is 16.8 Å². The summed E-state index contributed by atoms with van der Waals surface area (Å²) in [5.41, 5.74) is 1.15. The number of halogens is 1. The first-order valence-corrected chi connectivity index (χ1v) is 7.23. The summed E-state index contributed by atoms with van der Waals surface area (Å²) >= 11 is 3.24. The van der Waals surface area contributed by atoms with E-state index in [9.17, 15) is 8.42 Å². The highest BCUT2D eigenvalue weighted by Gasteiger charge is 2.10. The Hall–Kier alpha value is -0.850. The molecular weight excluding hydrogens is 306 g/mol. The lowest BCUT2D eigenvalue weighted by Gasteiger charge is -2.07.